The van der Waals surface area contributed by atoms with Crippen LogP contribution in [0, 0.1) is 0 Å². The summed E-state index contributed by atoms with van der Waals surface area (Å²) in [6.07, 6.45) is 0.678. The van der Waals surface area contributed by atoms with Gasteiger partial charge in [-0.15, -0.1) is 5.10 Å². The second-order valence-corrected chi connectivity index (χ2v) is 5.94. The van der Waals surface area contributed by atoms with Gasteiger partial charge in [0, 0.05) is 12.1 Å². The summed E-state index contributed by atoms with van der Waals surface area (Å²) >= 11 is 0. The third-order valence-electron chi connectivity index (χ3n) is 3.85. The van der Waals surface area contributed by atoms with Crippen LogP contribution in [0.4, 0.5) is 0 Å². The fraction of sp³-hybridized carbons (Fsp3) is 0.200. The number of benzene rings is 2. The van der Waals surface area contributed by atoms with E-state index in [1.54, 1.807) is 24.3 Å². The van der Waals surface area contributed by atoms with Crippen molar-refractivity contribution in [3.63, 3.8) is 0 Å². The van der Waals surface area contributed by atoms with E-state index in [1.165, 1.54) is 0 Å². The maximum atomic E-state index is 11.9. The molecule has 1 N–H and O–H groups in total. The number of nitrogens with zero attached hydrogens (tertiary/aromatic N) is 2. The van der Waals surface area contributed by atoms with Crippen LogP contribution in [0.1, 0.15) is 5.56 Å². The zero-order valence-corrected chi connectivity index (χ0v) is 15.0. The molecule has 28 heavy (non-hydrogen) atoms. The molecule has 0 spiro atoms. The highest BCUT2D eigenvalue weighted by atomic mass is 16.5. The van der Waals surface area contributed by atoms with Crippen molar-refractivity contribution in [2.75, 3.05) is 13.2 Å². The molecule has 0 aliphatic heterocycles. The molecule has 1 heterocycles. The molecule has 0 fully saturated rings. The van der Waals surface area contributed by atoms with Crippen LogP contribution in [0.25, 0.3) is 11.5 Å². The fourth-order valence-corrected chi connectivity index (χ4v) is 2.46. The van der Waals surface area contributed by atoms with Gasteiger partial charge in [-0.1, -0.05) is 48.5 Å². The van der Waals surface area contributed by atoms with Crippen molar-refractivity contribution in [3.8, 4) is 11.5 Å². The van der Waals surface area contributed by atoms with Gasteiger partial charge in [0.25, 0.3) is 5.91 Å². The normalized spacial score (nSPS) is 10.4. The van der Waals surface area contributed by atoms with Crippen LogP contribution >= 0.6 is 0 Å². The van der Waals surface area contributed by atoms with Crippen LogP contribution in [-0.2, 0) is 27.3 Å². The lowest BCUT2D eigenvalue weighted by Crippen LogP contribution is -2.32. The minimum Gasteiger partial charge on any atom is -0.454 e. The molecular weight excluding hydrogens is 362 g/mol. The number of nitrogens with one attached hydrogen (secondary N) is 1. The number of esters is 1. The van der Waals surface area contributed by atoms with Crippen molar-refractivity contribution in [3.05, 3.63) is 76.8 Å². The smallest absolute Gasteiger partial charge is 0.437 e. The van der Waals surface area contributed by atoms with Crippen LogP contribution in [0.15, 0.2) is 69.9 Å². The van der Waals surface area contributed by atoms with E-state index >= 15 is 0 Å². The molecule has 1 aromatic heterocycles. The van der Waals surface area contributed by atoms with Gasteiger partial charge in [-0.25, -0.2) is 4.79 Å². The van der Waals surface area contributed by atoms with Gasteiger partial charge in [0.05, 0.1) is 0 Å². The first-order valence-electron chi connectivity index (χ1n) is 8.71. The molecule has 0 aliphatic carbocycles. The number of rotatable bonds is 8. The molecule has 0 radical (unpaired) electrons. The summed E-state index contributed by atoms with van der Waals surface area (Å²) in [6.45, 7) is -0.429. The van der Waals surface area contributed by atoms with Crippen LogP contribution in [0.5, 0.6) is 0 Å². The molecular formula is C20H19N3O5. The van der Waals surface area contributed by atoms with Gasteiger partial charge in [0.15, 0.2) is 6.61 Å². The first-order chi connectivity index (χ1) is 13.6. The lowest BCUT2D eigenvalue weighted by Gasteiger charge is -2.06. The van der Waals surface area contributed by atoms with Crippen LogP contribution in [-0.4, -0.2) is 34.8 Å². The Balaban J connectivity index is 1.43. The van der Waals surface area contributed by atoms with Crippen molar-refractivity contribution in [2.45, 2.75) is 13.0 Å². The van der Waals surface area contributed by atoms with Gasteiger partial charge in [-0.05, 0) is 24.1 Å². The van der Waals surface area contributed by atoms with E-state index in [1.807, 2.05) is 36.4 Å². The molecule has 0 aliphatic rings. The number of aromatic nitrogens is 2. The summed E-state index contributed by atoms with van der Waals surface area (Å²) in [5.41, 5.74) is 1.71. The molecule has 2 aromatic carbocycles. The van der Waals surface area contributed by atoms with Crippen molar-refractivity contribution >= 4 is 11.9 Å². The average molecular weight is 381 g/mol. The number of hydrogen-bond acceptors (Lipinski definition) is 6. The van der Waals surface area contributed by atoms with Crippen LogP contribution in [0.2, 0.25) is 0 Å². The number of ether oxygens (including phenoxy) is 1. The van der Waals surface area contributed by atoms with E-state index in [-0.39, 0.29) is 5.89 Å². The second kappa shape index (κ2) is 9.31. The number of carbonyl (C=O) groups is 2. The van der Waals surface area contributed by atoms with E-state index in [4.69, 9.17) is 9.15 Å². The second-order valence-electron chi connectivity index (χ2n) is 5.94. The summed E-state index contributed by atoms with van der Waals surface area (Å²) in [7, 11) is 0. The molecule has 0 saturated carbocycles. The molecule has 144 valence electrons. The standard InChI is InChI=1S/C20H19N3O5/c24-17(21-12-11-15-7-3-1-4-8-15)14-27-18(25)13-23-20(26)28-19(22-23)16-9-5-2-6-10-16/h1-10H,11-14H2,(H,21,24). The van der Waals surface area contributed by atoms with E-state index in [2.05, 4.69) is 10.4 Å². The third kappa shape index (κ3) is 5.41. The Hall–Kier alpha value is -3.68. The molecule has 0 saturated heterocycles. The summed E-state index contributed by atoms with van der Waals surface area (Å²) in [6, 6.07) is 18.5. The largest absolute Gasteiger partial charge is 0.454 e. The topological polar surface area (TPSA) is 103 Å². The number of hydrogen-bond donors (Lipinski definition) is 1. The molecule has 0 unspecified atom stereocenters. The predicted octanol–water partition coefficient (Wildman–Crippen LogP) is 1.41. The Morgan fingerprint density at radius 3 is 2.43 bits per heavy atom. The minimum atomic E-state index is -0.775. The minimum absolute atomic E-state index is 0.108. The fourth-order valence-electron chi connectivity index (χ4n) is 2.46. The Morgan fingerprint density at radius 1 is 1.04 bits per heavy atom. The molecule has 1 amide bonds. The van der Waals surface area contributed by atoms with Gasteiger partial charge in [0.1, 0.15) is 6.54 Å². The molecule has 8 heteroatoms. The lowest BCUT2D eigenvalue weighted by molar-refractivity contribution is -0.149. The van der Waals surface area contributed by atoms with Crippen molar-refractivity contribution in [2.24, 2.45) is 0 Å². The average Bonchev–Trinajstić information content (AvgIpc) is 3.08. The molecule has 3 rings (SSSR count). The monoisotopic (exact) mass is 381 g/mol. The molecule has 3 aromatic rings. The number of amides is 1. The summed E-state index contributed by atoms with van der Waals surface area (Å²) in [5.74, 6) is -1.84. The highest BCUT2D eigenvalue weighted by molar-refractivity contribution is 5.80. The lowest BCUT2D eigenvalue weighted by atomic mass is 10.1. The van der Waals surface area contributed by atoms with Crippen LogP contribution in [0.3, 0.4) is 0 Å². The van der Waals surface area contributed by atoms with E-state index < -0.39 is 30.8 Å². The maximum Gasteiger partial charge on any atom is 0.437 e. The highest BCUT2D eigenvalue weighted by Crippen LogP contribution is 2.13. The maximum absolute atomic E-state index is 11.9. The van der Waals surface area contributed by atoms with Crippen LogP contribution < -0.4 is 11.1 Å². The Kier molecular flexibility index (Phi) is 6.35. The number of carbonyl (C=O) groups excluding carboxylic acids is 2. The molecule has 0 bridgehead atoms. The van der Waals surface area contributed by atoms with Gasteiger partial charge < -0.3 is 14.5 Å². The predicted molar refractivity (Wildman–Crippen MR) is 100 cm³/mol. The van der Waals surface area contributed by atoms with Gasteiger partial charge >= 0.3 is 11.7 Å². The van der Waals surface area contributed by atoms with E-state index in [9.17, 15) is 14.4 Å². The van der Waals surface area contributed by atoms with Crippen molar-refractivity contribution in [1.29, 1.82) is 0 Å². The third-order valence-corrected chi connectivity index (χ3v) is 3.85. The van der Waals surface area contributed by atoms with Gasteiger partial charge in [-0.3, -0.25) is 9.59 Å². The van der Waals surface area contributed by atoms with Gasteiger partial charge in [-0.2, -0.15) is 4.68 Å². The molecule has 0 atom stereocenters. The summed E-state index contributed by atoms with van der Waals surface area (Å²) in [5, 5.41) is 6.63. The zero-order valence-electron chi connectivity index (χ0n) is 15.0. The van der Waals surface area contributed by atoms with E-state index in [0.29, 0.717) is 18.5 Å². The van der Waals surface area contributed by atoms with Crippen molar-refractivity contribution in [1.82, 2.24) is 15.1 Å². The zero-order chi connectivity index (χ0) is 19.8. The summed E-state index contributed by atoms with van der Waals surface area (Å²) < 4.78 is 10.8. The molecule has 8 nitrogen and oxygen atoms in total. The Labute approximate surface area is 160 Å². The Bertz CT molecular complexity index is 980. The highest BCUT2D eigenvalue weighted by Gasteiger charge is 2.14. The SMILES string of the molecule is O=C(COC(=O)Cn1nc(-c2ccccc2)oc1=O)NCCc1ccccc1. The first-order valence-corrected chi connectivity index (χ1v) is 8.71. The van der Waals surface area contributed by atoms with E-state index in [0.717, 1.165) is 10.2 Å². The summed E-state index contributed by atoms with van der Waals surface area (Å²) in [4.78, 5) is 35.4. The quantitative estimate of drug-likeness (QED) is 0.592. The Morgan fingerprint density at radius 2 is 1.71 bits per heavy atom. The first kappa shape index (κ1) is 19.1. The van der Waals surface area contributed by atoms with Crippen molar-refractivity contribution < 1.29 is 18.7 Å². The van der Waals surface area contributed by atoms with Gasteiger partial charge in [0.2, 0.25) is 5.89 Å².